The SMILES string of the molecule is Cc1c(N(CC(=O)N/N=C\c2c(O)ccc3ccccc23)S(=O)(=O)c2ccccc2)c(=O)n(-c2ccccc2)n1C. The molecular formula is C30H27N5O5S. The number of benzene rings is 4. The van der Waals surface area contributed by atoms with E-state index in [-0.39, 0.29) is 16.3 Å². The molecule has 0 aliphatic rings. The Morgan fingerprint density at radius 3 is 2.29 bits per heavy atom. The summed E-state index contributed by atoms with van der Waals surface area (Å²) in [4.78, 5) is 26.8. The summed E-state index contributed by atoms with van der Waals surface area (Å²) in [6, 6.07) is 27.0. The number of anilines is 1. The molecule has 0 saturated heterocycles. The zero-order chi connectivity index (χ0) is 29.1. The molecule has 1 heterocycles. The number of hydrogen-bond acceptors (Lipinski definition) is 6. The van der Waals surface area contributed by atoms with Crippen molar-refractivity contribution in [3.05, 3.63) is 119 Å². The van der Waals surface area contributed by atoms with Gasteiger partial charge in [-0.25, -0.2) is 22.8 Å². The quantitative estimate of drug-likeness (QED) is 0.218. The highest BCUT2D eigenvalue weighted by atomic mass is 32.2. The first-order chi connectivity index (χ1) is 19.7. The molecule has 0 atom stereocenters. The number of phenols is 1. The van der Waals surface area contributed by atoms with E-state index in [0.29, 0.717) is 16.9 Å². The van der Waals surface area contributed by atoms with Gasteiger partial charge in [-0.3, -0.25) is 14.3 Å². The first kappa shape index (κ1) is 27.4. The molecule has 0 radical (unpaired) electrons. The second kappa shape index (κ2) is 11.1. The van der Waals surface area contributed by atoms with Crippen LogP contribution in [0.3, 0.4) is 0 Å². The molecule has 208 valence electrons. The molecule has 0 fully saturated rings. The second-order valence-corrected chi connectivity index (χ2v) is 11.1. The van der Waals surface area contributed by atoms with Crippen molar-refractivity contribution in [3.8, 4) is 11.4 Å². The number of carbonyl (C=O) groups is 1. The van der Waals surface area contributed by atoms with Crippen molar-refractivity contribution in [2.45, 2.75) is 11.8 Å². The monoisotopic (exact) mass is 569 g/mol. The van der Waals surface area contributed by atoms with Crippen LogP contribution in [-0.2, 0) is 21.9 Å². The van der Waals surface area contributed by atoms with Gasteiger partial charge in [-0.1, -0.05) is 66.7 Å². The van der Waals surface area contributed by atoms with E-state index >= 15 is 0 Å². The average molecular weight is 570 g/mol. The molecule has 2 N–H and O–H groups in total. The number of sulfonamides is 1. The third kappa shape index (κ3) is 5.22. The third-order valence-electron chi connectivity index (χ3n) is 6.72. The molecule has 1 aromatic heterocycles. The Labute approximate surface area is 236 Å². The number of rotatable bonds is 8. The highest BCUT2D eigenvalue weighted by molar-refractivity contribution is 7.92. The summed E-state index contributed by atoms with van der Waals surface area (Å²) in [5, 5.41) is 15.9. The van der Waals surface area contributed by atoms with Crippen LogP contribution in [-0.4, -0.2) is 41.6 Å². The minimum absolute atomic E-state index is 0.0312. The number of carbonyl (C=O) groups excluding carboxylic acids is 1. The molecule has 0 spiro atoms. The fourth-order valence-electron chi connectivity index (χ4n) is 4.60. The molecule has 0 bridgehead atoms. The predicted molar refractivity (Wildman–Crippen MR) is 158 cm³/mol. The van der Waals surface area contributed by atoms with Gasteiger partial charge in [0.05, 0.1) is 22.5 Å². The normalized spacial score (nSPS) is 11.7. The van der Waals surface area contributed by atoms with Gasteiger partial charge >= 0.3 is 0 Å². The number of hydrazone groups is 1. The molecule has 11 heteroatoms. The van der Waals surface area contributed by atoms with Crippen molar-refractivity contribution < 1.29 is 18.3 Å². The van der Waals surface area contributed by atoms with Crippen LogP contribution >= 0.6 is 0 Å². The number of nitrogens with zero attached hydrogens (tertiary/aromatic N) is 4. The van der Waals surface area contributed by atoms with E-state index in [1.54, 1.807) is 73.3 Å². The summed E-state index contributed by atoms with van der Waals surface area (Å²) in [5.74, 6) is -0.814. The molecule has 10 nitrogen and oxygen atoms in total. The van der Waals surface area contributed by atoms with Gasteiger partial charge < -0.3 is 5.11 Å². The average Bonchev–Trinajstić information content (AvgIpc) is 3.20. The molecular weight excluding hydrogens is 542 g/mol. The van der Waals surface area contributed by atoms with E-state index in [4.69, 9.17) is 0 Å². The highest BCUT2D eigenvalue weighted by Gasteiger charge is 2.33. The Bertz CT molecular complexity index is 1930. The number of aromatic nitrogens is 2. The Morgan fingerprint density at radius 1 is 0.951 bits per heavy atom. The summed E-state index contributed by atoms with van der Waals surface area (Å²) >= 11 is 0. The smallest absolute Gasteiger partial charge is 0.296 e. The van der Waals surface area contributed by atoms with Gasteiger partial charge in [0, 0.05) is 12.6 Å². The van der Waals surface area contributed by atoms with Gasteiger partial charge in [-0.05, 0) is 48.0 Å². The molecule has 0 unspecified atom stereocenters. The number of fused-ring (bicyclic) bond motifs is 1. The topological polar surface area (TPSA) is 126 Å². The van der Waals surface area contributed by atoms with Crippen LogP contribution in [0, 0.1) is 6.92 Å². The summed E-state index contributed by atoms with van der Waals surface area (Å²) in [7, 11) is -2.70. The molecule has 5 aromatic rings. The van der Waals surface area contributed by atoms with Gasteiger partial charge in [0.1, 0.15) is 18.0 Å². The highest BCUT2D eigenvalue weighted by Crippen LogP contribution is 2.26. The Balaban J connectivity index is 1.52. The lowest BCUT2D eigenvalue weighted by Gasteiger charge is -2.22. The fraction of sp³-hybridized carbons (Fsp3) is 0.100. The number of nitrogens with one attached hydrogen (secondary N) is 1. The minimum Gasteiger partial charge on any atom is -0.507 e. The van der Waals surface area contributed by atoms with Gasteiger partial charge in [0.15, 0.2) is 0 Å². The Morgan fingerprint density at radius 2 is 1.59 bits per heavy atom. The van der Waals surface area contributed by atoms with Crippen molar-refractivity contribution in [3.63, 3.8) is 0 Å². The van der Waals surface area contributed by atoms with Gasteiger partial charge in [-0.2, -0.15) is 5.10 Å². The molecule has 0 saturated carbocycles. The number of phenolic OH excluding ortho intramolecular Hbond substituents is 1. The molecule has 1 amide bonds. The lowest BCUT2D eigenvalue weighted by Crippen LogP contribution is -2.42. The van der Waals surface area contributed by atoms with E-state index in [2.05, 4.69) is 10.5 Å². The molecule has 0 aliphatic heterocycles. The Hall–Kier alpha value is -5.16. The van der Waals surface area contributed by atoms with Crippen molar-refractivity contribution in [2.24, 2.45) is 12.1 Å². The summed E-state index contributed by atoms with van der Waals surface area (Å²) in [5.41, 5.74) is 2.84. The fourth-order valence-corrected chi connectivity index (χ4v) is 6.09. The maximum Gasteiger partial charge on any atom is 0.296 e. The van der Waals surface area contributed by atoms with E-state index in [9.17, 15) is 23.1 Å². The predicted octanol–water partition coefficient (Wildman–Crippen LogP) is 3.69. The standard InChI is InChI=1S/C30H27N5O5S/c1-21-29(30(38)35(33(21)2)23-12-5-3-6-13-23)34(41(39,40)24-14-7-4-8-15-24)20-28(37)32-31-19-26-25-16-10-9-11-22(25)17-18-27(26)36/h3-19,36H,20H2,1-2H3,(H,32,37)/b31-19-. The molecule has 5 rings (SSSR count). The lowest BCUT2D eigenvalue weighted by molar-refractivity contribution is -0.119. The zero-order valence-electron chi connectivity index (χ0n) is 22.3. The van der Waals surface area contributed by atoms with Gasteiger partial charge in [-0.15, -0.1) is 0 Å². The summed E-state index contributed by atoms with van der Waals surface area (Å²) < 4.78 is 31.4. The first-order valence-corrected chi connectivity index (χ1v) is 14.1. The van der Waals surface area contributed by atoms with E-state index in [1.807, 2.05) is 24.3 Å². The van der Waals surface area contributed by atoms with E-state index in [0.717, 1.165) is 15.1 Å². The largest absolute Gasteiger partial charge is 0.507 e. The van der Waals surface area contributed by atoms with Crippen LogP contribution in [0.2, 0.25) is 0 Å². The summed E-state index contributed by atoms with van der Waals surface area (Å²) in [6.07, 6.45) is 1.29. The van der Waals surface area contributed by atoms with Crippen molar-refractivity contribution in [1.29, 1.82) is 0 Å². The number of para-hydroxylation sites is 1. The zero-order valence-corrected chi connectivity index (χ0v) is 23.1. The lowest BCUT2D eigenvalue weighted by atomic mass is 10.0. The number of amides is 1. The first-order valence-electron chi connectivity index (χ1n) is 12.6. The van der Waals surface area contributed by atoms with E-state index < -0.39 is 28.0 Å². The third-order valence-corrected chi connectivity index (χ3v) is 8.48. The van der Waals surface area contributed by atoms with Crippen LogP contribution in [0.15, 0.2) is 112 Å². The van der Waals surface area contributed by atoms with Crippen LogP contribution < -0.4 is 15.3 Å². The van der Waals surface area contributed by atoms with Crippen molar-refractivity contribution >= 4 is 38.6 Å². The minimum atomic E-state index is -4.34. The number of aromatic hydroxyl groups is 1. The maximum absolute atomic E-state index is 13.8. The molecule has 41 heavy (non-hydrogen) atoms. The molecule has 4 aromatic carbocycles. The van der Waals surface area contributed by atoms with Crippen molar-refractivity contribution in [2.75, 3.05) is 10.8 Å². The maximum atomic E-state index is 13.8. The summed E-state index contributed by atoms with van der Waals surface area (Å²) in [6.45, 7) is 0.897. The van der Waals surface area contributed by atoms with Crippen LogP contribution in [0.25, 0.3) is 16.5 Å². The number of hydrogen-bond donors (Lipinski definition) is 2. The van der Waals surface area contributed by atoms with Crippen LogP contribution in [0.5, 0.6) is 5.75 Å². The van der Waals surface area contributed by atoms with Gasteiger partial charge in [0.25, 0.3) is 21.5 Å². The second-order valence-electron chi connectivity index (χ2n) is 9.25. The van der Waals surface area contributed by atoms with E-state index in [1.165, 1.54) is 29.1 Å². The van der Waals surface area contributed by atoms with Crippen molar-refractivity contribution in [1.82, 2.24) is 14.8 Å². The van der Waals surface area contributed by atoms with Crippen LogP contribution in [0.1, 0.15) is 11.3 Å². The van der Waals surface area contributed by atoms with Gasteiger partial charge in [0.2, 0.25) is 0 Å². The van der Waals surface area contributed by atoms with Crippen LogP contribution in [0.4, 0.5) is 5.69 Å². The Kier molecular flexibility index (Phi) is 7.45. The molecule has 0 aliphatic carbocycles.